The summed E-state index contributed by atoms with van der Waals surface area (Å²) in [5, 5.41) is 2.77. The maximum atomic E-state index is 12.2. The number of nitrogens with zero attached hydrogens (tertiary/aromatic N) is 1. The fourth-order valence-corrected chi connectivity index (χ4v) is 2.00. The maximum Gasteiger partial charge on any atom is 0.246 e. The van der Waals surface area contributed by atoms with Gasteiger partial charge in [0.2, 0.25) is 11.8 Å². The first-order valence-corrected chi connectivity index (χ1v) is 6.27. The molecular weight excluding hydrogens is 240 g/mol. The van der Waals surface area contributed by atoms with Gasteiger partial charge in [0.05, 0.1) is 0 Å². The molecule has 0 aromatic heterocycles. The van der Waals surface area contributed by atoms with Crippen LogP contribution in [0.25, 0.3) is 0 Å². The number of carbonyl (C=O) groups is 2. The van der Waals surface area contributed by atoms with Crippen molar-refractivity contribution in [1.82, 2.24) is 10.2 Å². The van der Waals surface area contributed by atoms with Gasteiger partial charge >= 0.3 is 0 Å². The summed E-state index contributed by atoms with van der Waals surface area (Å²) in [4.78, 5) is 25.5. The van der Waals surface area contributed by atoms with E-state index in [1.54, 1.807) is 17.9 Å². The minimum absolute atomic E-state index is 0.0273. The second-order valence-electron chi connectivity index (χ2n) is 4.72. The van der Waals surface area contributed by atoms with E-state index in [2.05, 4.69) is 5.32 Å². The molecule has 0 radical (unpaired) electrons. The van der Waals surface area contributed by atoms with Crippen LogP contribution >= 0.6 is 11.6 Å². The first-order chi connectivity index (χ1) is 7.97. The Balaban J connectivity index is 2.79. The van der Waals surface area contributed by atoms with Crippen molar-refractivity contribution in [3.63, 3.8) is 0 Å². The molecule has 96 valence electrons. The molecule has 5 heteroatoms. The standard InChI is InChI=1S/C12H19ClN2O2/c1-8(2)7-10-12(17)15(6-4-5-13)9(3)11(16)14-10/h4-5,8-10H,6-7H2,1-3H3,(H,14,16)/b5-4+. The minimum atomic E-state index is -0.432. The number of hydrogen-bond donors (Lipinski definition) is 1. The van der Waals surface area contributed by atoms with Gasteiger partial charge in [0.15, 0.2) is 0 Å². The van der Waals surface area contributed by atoms with E-state index in [4.69, 9.17) is 11.6 Å². The quantitative estimate of drug-likeness (QED) is 0.831. The molecule has 0 aromatic carbocycles. The molecule has 0 bridgehead atoms. The molecule has 1 N–H and O–H groups in total. The monoisotopic (exact) mass is 258 g/mol. The third-order valence-electron chi connectivity index (χ3n) is 2.84. The Morgan fingerprint density at radius 2 is 2.12 bits per heavy atom. The van der Waals surface area contributed by atoms with Crippen molar-refractivity contribution in [2.75, 3.05) is 6.54 Å². The van der Waals surface area contributed by atoms with Gasteiger partial charge in [-0.15, -0.1) is 0 Å². The highest BCUT2D eigenvalue weighted by Crippen LogP contribution is 2.15. The molecule has 1 heterocycles. The smallest absolute Gasteiger partial charge is 0.246 e. The number of nitrogens with one attached hydrogen (secondary N) is 1. The largest absolute Gasteiger partial charge is 0.343 e. The zero-order valence-electron chi connectivity index (χ0n) is 10.4. The highest BCUT2D eigenvalue weighted by Gasteiger charge is 2.37. The van der Waals surface area contributed by atoms with E-state index in [1.807, 2.05) is 13.8 Å². The van der Waals surface area contributed by atoms with Gasteiger partial charge in [-0.1, -0.05) is 31.5 Å². The summed E-state index contributed by atoms with van der Waals surface area (Å²) < 4.78 is 0. The van der Waals surface area contributed by atoms with Crippen LogP contribution < -0.4 is 5.32 Å². The van der Waals surface area contributed by atoms with Crippen molar-refractivity contribution in [3.8, 4) is 0 Å². The number of halogens is 1. The maximum absolute atomic E-state index is 12.2. The Morgan fingerprint density at radius 1 is 1.47 bits per heavy atom. The summed E-state index contributed by atoms with van der Waals surface area (Å²) in [6, 6.07) is -0.832. The Hall–Kier alpha value is -1.03. The molecule has 0 spiro atoms. The van der Waals surface area contributed by atoms with Crippen molar-refractivity contribution in [2.45, 2.75) is 39.3 Å². The molecule has 0 aliphatic carbocycles. The van der Waals surface area contributed by atoms with E-state index in [0.29, 0.717) is 18.9 Å². The number of carbonyl (C=O) groups excluding carboxylic acids is 2. The molecule has 1 aliphatic heterocycles. The van der Waals surface area contributed by atoms with Gasteiger partial charge in [0.25, 0.3) is 0 Å². The van der Waals surface area contributed by atoms with Crippen molar-refractivity contribution < 1.29 is 9.59 Å². The van der Waals surface area contributed by atoms with Crippen LogP contribution in [0.4, 0.5) is 0 Å². The summed E-state index contributed by atoms with van der Waals surface area (Å²) in [7, 11) is 0. The summed E-state index contributed by atoms with van der Waals surface area (Å²) in [5.74, 6) is 0.238. The van der Waals surface area contributed by atoms with E-state index < -0.39 is 12.1 Å². The van der Waals surface area contributed by atoms with Crippen LogP contribution in [0.1, 0.15) is 27.2 Å². The highest BCUT2D eigenvalue weighted by atomic mass is 35.5. The average molecular weight is 259 g/mol. The van der Waals surface area contributed by atoms with Gasteiger partial charge in [-0.25, -0.2) is 0 Å². The Labute approximate surface area is 107 Å². The topological polar surface area (TPSA) is 49.4 Å². The minimum Gasteiger partial charge on any atom is -0.343 e. The SMILES string of the molecule is CC(C)CC1NC(=O)C(C)N(C/C=C/Cl)C1=O. The fraction of sp³-hybridized carbons (Fsp3) is 0.667. The Kier molecular flexibility index (Phi) is 5.00. The van der Waals surface area contributed by atoms with Gasteiger partial charge in [0.1, 0.15) is 12.1 Å². The molecule has 2 atom stereocenters. The van der Waals surface area contributed by atoms with Crippen LogP contribution in [-0.2, 0) is 9.59 Å². The first-order valence-electron chi connectivity index (χ1n) is 5.83. The molecule has 1 rings (SSSR count). The van der Waals surface area contributed by atoms with Crippen LogP contribution in [0.3, 0.4) is 0 Å². The lowest BCUT2D eigenvalue weighted by atomic mass is 9.99. The van der Waals surface area contributed by atoms with Crippen LogP contribution in [0.2, 0.25) is 0 Å². The third kappa shape index (κ3) is 3.46. The van der Waals surface area contributed by atoms with Crippen molar-refractivity contribution in [1.29, 1.82) is 0 Å². The lowest BCUT2D eigenvalue weighted by molar-refractivity contribution is -0.148. The summed E-state index contributed by atoms with van der Waals surface area (Å²) in [6.45, 7) is 6.16. The molecule has 2 unspecified atom stereocenters. The van der Waals surface area contributed by atoms with Gasteiger partial charge in [-0.2, -0.15) is 0 Å². The molecule has 1 saturated heterocycles. The summed E-state index contributed by atoms with van der Waals surface area (Å²) in [5.41, 5.74) is 1.37. The predicted molar refractivity (Wildman–Crippen MR) is 67.6 cm³/mol. The van der Waals surface area contributed by atoms with Gasteiger partial charge in [-0.05, 0) is 19.3 Å². The van der Waals surface area contributed by atoms with Gasteiger partial charge in [0, 0.05) is 12.1 Å². The second-order valence-corrected chi connectivity index (χ2v) is 4.97. The number of rotatable bonds is 4. The number of amides is 2. The van der Waals surface area contributed by atoms with Crippen LogP contribution in [0.5, 0.6) is 0 Å². The predicted octanol–water partition coefficient (Wildman–Crippen LogP) is 1.50. The molecule has 0 aromatic rings. The number of hydrogen-bond acceptors (Lipinski definition) is 2. The number of piperazine rings is 1. The Bertz CT molecular complexity index is 328. The summed E-state index contributed by atoms with van der Waals surface area (Å²) in [6.07, 6.45) is 2.33. The zero-order chi connectivity index (χ0) is 13.0. The fourth-order valence-electron chi connectivity index (χ4n) is 1.92. The molecule has 1 fully saturated rings. The van der Waals surface area contributed by atoms with E-state index in [1.165, 1.54) is 5.54 Å². The normalized spacial score (nSPS) is 25.8. The first kappa shape index (κ1) is 14.0. The van der Waals surface area contributed by atoms with E-state index in [9.17, 15) is 9.59 Å². The zero-order valence-corrected chi connectivity index (χ0v) is 11.2. The summed E-state index contributed by atoms with van der Waals surface area (Å²) >= 11 is 5.45. The van der Waals surface area contributed by atoms with Crippen LogP contribution in [-0.4, -0.2) is 35.3 Å². The molecule has 4 nitrogen and oxygen atoms in total. The highest BCUT2D eigenvalue weighted by molar-refractivity contribution is 6.25. The lowest BCUT2D eigenvalue weighted by Gasteiger charge is -2.37. The van der Waals surface area contributed by atoms with Crippen molar-refractivity contribution >= 4 is 23.4 Å². The lowest BCUT2D eigenvalue weighted by Crippen LogP contribution is -2.62. The molecule has 0 saturated carbocycles. The second kappa shape index (κ2) is 6.05. The van der Waals surface area contributed by atoms with Gasteiger partial charge in [-0.3, -0.25) is 9.59 Å². The molecule has 1 aliphatic rings. The third-order valence-corrected chi connectivity index (χ3v) is 3.02. The molecule has 2 amide bonds. The van der Waals surface area contributed by atoms with Crippen molar-refractivity contribution in [3.05, 3.63) is 11.6 Å². The average Bonchev–Trinajstić information content (AvgIpc) is 2.25. The van der Waals surface area contributed by atoms with E-state index in [-0.39, 0.29) is 11.8 Å². The van der Waals surface area contributed by atoms with Crippen LogP contribution in [0, 0.1) is 5.92 Å². The molecule has 17 heavy (non-hydrogen) atoms. The van der Waals surface area contributed by atoms with Crippen LogP contribution in [0.15, 0.2) is 11.6 Å². The van der Waals surface area contributed by atoms with Crippen molar-refractivity contribution in [2.24, 2.45) is 5.92 Å². The van der Waals surface area contributed by atoms with E-state index >= 15 is 0 Å². The van der Waals surface area contributed by atoms with Gasteiger partial charge < -0.3 is 10.2 Å². The molecular formula is C12H19ClN2O2. The van der Waals surface area contributed by atoms with E-state index in [0.717, 1.165) is 0 Å². The Morgan fingerprint density at radius 3 is 2.65 bits per heavy atom.